The number of benzene rings is 1. The summed E-state index contributed by atoms with van der Waals surface area (Å²) in [6, 6.07) is 9.18. The van der Waals surface area contributed by atoms with Crippen LogP contribution in [-0.4, -0.2) is 51.3 Å². The smallest absolute Gasteiger partial charge is 0.304 e. The fourth-order valence-corrected chi connectivity index (χ4v) is 7.19. The standard InChI is InChI=1S/C30H30FN5O4S/c1-17-3-4-20(24(13-26(37)38)23-7-10-36-27(18(23)2)33-34-28(36)19-5-6-19)11-21(17)15-35-16-30(8-9-30)40-29-25(41(35)39)12-22(31)14-32-29/h3-4,7,10-12,14,19,24H,5-6,8-9,13,15-16H2,1-2H3,(H,37,38). The van der Waals surface area contributed by atoms with Gasteiger partial charge >= 0.3 is 5.97 Å². The Hall–Kier alpha value is -3.70. The van der Waals surface area contributed by atoms with E-state index in [2.05, 4.69) is 15.2 Å². The van der Waals surface area contributed by atoms with E-state index in [-0.39, 0.29) is 17.2 Å². The van der Waals surface area contributed by atoms with Crippen LogP contribution >= 0.6 is 0 Å². The van der Waals surface area contributed by atoms with Crippen molar-refractivity contribution < 1.29 is 23.2 Å². The fraction of sp³-hybridized carbons (Fsp3) is 0.400. The molecule has 0 saturated heterocycles. The van der Waals surface area contributed by atoms with Gasteiger partial charge in [0, 0.05) is 24.6 Å². The van der Waals surface area contributed by atoms with Crippen LogP contribution in [0.5, 0.6) is 5.88 Å². The molecule has 1 aromatic carbocycles. The molecule has 7 rings (SSSR count). The molecule has 1 spiro atoms. The highest BCUT2D eigenvalue weighted by Gasteiger charge is 2.50. The molecule has 2 fully saturated rings. The van der Waals surface area contributed by atoms with E-state index < -0.39 is 34.3 Å². The van der Waals surface area contributed by atoms with Crippen molar-refractivity contribution in [1.82, 2.24) is 23.9 Å². The summed E-state index contributed by atoms with van der Waals surface area (Å²) in [5.74, 6) is -0.253. The lowest BCUT2D eigenvalue weighted by Gasteiger charge is -2.24. The van der Waals surface area contributed by atoms with E-state index in [0.29, 0.717) is 19.0 Å². The topological polar surface area (TPSA) is 110 Å². The van der Waals surface area contributed by atoms with E-state index in [1.54, 1.807) is 0 Å². The average Bonchev–Trinajstić information content (AvgIpc) is 3.88. The van der Waals surface area contributed by atoms with Crippen LogP contribution in [0.2, 0.25) is 0 Å². The zero-order valence-electron chi connectivity index (χ0n) is 22.8. The van der Waals surface area contributed by atoms with Crippen molar-refractivity contribution in [2.45, 2.75) is 74.8 Å². The lowest BCUT2D eigenvalue weighted by atomic mass is 9.85. The number of aryl methyl sites for hydroxylation is 2. The zero-order valence-corrected chi connectivity index (χ0v) is 23.7. The lowest BCUT2D eigenvalue weighted by Crippen LogP contribution is -2.35. The fourth-order valence-electron chi connectivity index (χ4n) is 5.84. The number of nitrogens with zero attached hydrogens (tertiary/aromatic N) is 5. The summed E-state index contributed by atoms with van der Waals surface area (Å²) in [4.78, 5) is 16.4. The summed E-state index contributed by atoms with van der Waals surface area (Å²) >= 11 is 0. The van der Waals surface area contributed by atoms with Crippen LogP contribution in [0.15, 0.2) is 47.6 Å². The van der Waals surface area contributed by atoms with Gasteiger partial charge in [0.1, 0.15) is 33.1 Å². The summed E-state index contributed by atoms with van der Waals surface area (Å²) < 4.78 is 37.7. The molecule has 4 aromatic rings. The Morgan fingerprint density at radius 2 is 2.02 bits per heavy atom. The summed E-state index contributed by atoms with van der Waals surface area (Å²) in [5.41, 5.74) is 4.84. The van der Waals surface area contributed by atoms with Gasteiger partial charge in [-0.2, -0.15) is 0 Å². The molecule has 1 N–H and O–H groups in total. The number of pyridine rings is 2. The summed E-state index contributed by atoms with van der Waals surface area (Å²) in [7, 11) is -1.68. The van der Waals surface area contributed by atoms with Crippen LogP contribution in [0.3, 0.4) is 0 Å². The molecule has 11 heteroatoms. The van der Waals surface area contributed by atoms with Crippen LogP contribution < -0.4 is 4.74 Å². The van der Waals surface area contributed by atoms with E-state index in [0.717, 1.165) is 71.2 Å². The first-order valence-corrected chi connectivity index (χ1v) is 15.0. The third kappa shape index (κ3) is 4.80. The SMILES string of the molecule is Cc1ccc(C(CC(=O)O)c2ccn3c(C4CC4)nnc3c2C)cc1CN1CC2(CC2)Oc2ncc(F)cc2S1=O. The van der Waals surface area contributed by atoms with Gasteiger partial charge in [0.05, 0.1) is 19.2 Å². The van der Waals surface area contributed by atoms with Crippen LogP contribution in [0, 0.1) is 19.7 Å². The Labute approximate surface area is 239 Å². The van der Waals surface area contributed by atoms with Crippen molar-refractivity contribution in [3.8, 4) is 5.88 Å². The first-order chi connectivity index (χ1) is 19.7. The zero-order chi connectivity index (χ0) is 28.5. The molecule has 4 heterocycles. The second kappa shape index (κ2) is 9.70. The Morgan fingerprint density at radius 3 is 2.76 bits per heavy atom. The van der Waals surface area contributed by atoms with Crippen LogP contribution in [-0.2, 0) is 22.3 Å². The third-order valence-corrected chi connectivity index (χ3v) is 9.90. The van der Waals surface area contributed by atoms with Gasteiger partial charge in [-0.15, -0.1) is 10.2 Å². The van der Waals surface area contributed by atoms with Crippen molar-refractivity contribution in [2.75, 3.05) is 6.54 Å². The number of aromatic nitrogens is 4. The molecule has 0 radical (unpaired) electrons. The van der Waals surface area contributed by atoms with Crippen molar-refractivity contribution in [1.29, 1.82) is 0 Å². The van der Waals surface area contributed by atoms with Crippen LogP contribution in [0.25, 0.3) is 5.65 Å². The number of fused-ring (bicyclic) bond motifs is 2. The molecule has 41 heavy (non-hydrogen) atoms. The maximum atomic E-state index is 14.1. The van der Waals surface area contributed by atoms with Crippen LogP contribution in [0.1, 0.15) is 77.6 Å². The first-order valence-electron chi connectivity index (χ1n) is 13.9. The number of rotatable bonds is 7. The van der Waals surface area contributed by atoms with Crippen molar-refractivity contribution in [3.63, 3.8) is 0 Å². The molecule has 2 atom stereocenters. The number of hydrogen-bond acceptors (Lipinski definition) is 6. The van der Waals surface area contributed by atoms with Gasteiger partial charge in [0.25, 0.3) is 0 Å². The minimum absolute atomic E-state index is 0.0892. The summed E-state index contributed by atoms with van der Waals surface area (Å²) in [5, 5.41) is 18.8. The average molecular weight is 576 g/mol. The highest BCUT2D eigenvalue weighted by atomic mass is 32.2. The maximum absolute atomic E-state index is 14.1. The Morgan fingerprint density at radius 1 is 1.22 bits per heavy atom. The number of aliphatic carboxylic acids is 1. The molecule has 3 aromatic heterocycles. The van der Waals surface area contributed by atoms with Crippen molar-refractivity contribution >= 4 is 22.6 Å². The largest absolute Gasteiger partial charge is 0.481 e. The second-order valence-electron chi connectivity index (χ2n) is 11.5. The number of halogens is 1. The number of ether oxygens (including phenoxy) is 1. The highest BCUT2D eigenvalue weighted by molar-refractivity contribution is 7.82. The molecule has 2 aliphatic carbocycles. The van der Waals surface area contributed by atoms with E-state index in [1.807, 2.05) is 53.0 Å². The van der Waals surface area contributed by atoms with Gasteiger partial charge in [-0.05, 0) is 79.5 Å². The number of carbonyl (C=O) groups is 1. The Kier molecular flexibility index (Phi) is 6.20. The monoisotopic (exact) mass is 575 g/mol. The highest BCUT2D eigenvalue weighted by Crippen LogP contribution is 2.45. The second-order valence-corrected chi connectivity index (χ2v) is 13.0. The third-order valence-electron chi connectivity index (χ3n) is 8.51. The van der Waals surface area contributed by atoms with E-state index in [9.17, 15) is 18.5 Å². The maximum Gasteiger partial charge on any atom is 0.304 e. The van der Waals surface area contributed by atoms with Crippen molar-refractivity contribution in [2.24, 2.45) is 0 Å². The Balaban J connectivity index is 1.25. The van der Waals surface area contributed by atoms with E-state index >= 15 is 0 Å². The molecule has 3 aliphatic rings. The summed E-state index contributed by atoms with van der Waals surface area (Å²) in [6.07, 6.45) is 6.80. The van der Waals surface area contributed by atoms with Crippen molar-refractivity contribution in [3.05, 3.63) is 82.2 Å². The Bertz CT molecular complexity index is 1730. The number of carboxylic acid groups (broad SMARTS) is 1. The minimum Gasteiger partial charge on any atom is -0.481 e. The molecule has 212 valence electrons. The predicted octanol–water partition coefficient (Wildman–Crippen LogP) is 4.81. The quantitative estimate of drug-likeness (QED) is 0.337. The number of hydrogen-bond donors (Lipinski definition) is 1. The molecule has 2 saturated carbocycles. The van der Waals surface area contributed by atoms with Gasteiger partial charge in [-0.1, -0.05) is 18.2 Å². The van der Waals surface area contributed by atoms with Gasteiger partial charge in [-0.3, -0.25) is 9.20 Å². The molecule has 2 unspecified atom stereocenters. The van der Waals surface area contributed by atoms with Gasteiger partial charge < -0.3 is 9.84 Å². The molecular formula is C30H30FN5O4S. The summed E-state index contributed by atoms with van der Waals surface area (Å²) in [6.45, 7) is 4.71. The molecule has 0 bridgehead atoms. The first kappa shape index (κ1) is 26.2. The predicted molar refractivity (Wildman–Crippen MR) is 149 cm³/mol. The van der Waals surface area contributed by atoms with E-state index in [4.69, 9.17) is 4.74 Å². The molecule has 9 nitrogen and oxygen atoms in total. The van der Waals surface area contributed by atoms with Gasteiger partial charge in [0.2, 0.25) is 5.88 Å². The van der Waals surface area contributed by atoms with Crippen LogP contribution in [0.4, 0.5) is 4.39 Å². The lowest BCUT2D eigenvalue weighted by molar-refractivity contribution is -0.137. The van der Waals surface area contributed by atoms with E-state index in [1.165, 1.54) is 6.07 Å². The molecule has 1 aliphatic heterocycles. The molecule has 0 amide bonds. The molecular weight excluding hydrogens is 545 g/mol. The number of carboxylic acids is 1. The minimum atomic E-state index is -1.68. The normalized spacial score (nSPS) is 20.4. The van der Waals surface area contributed by atoms with Gasteiger partial charge in [-0.25, -0.2) is 17.9 Å². The van der Waals surface area contributed by atoms with Gasteiger partial charge in [0.15, 0.2) is 5.65 Å².